The minimum atomic E-state index is -0.834. The van der Waals surface area contributed by atoms with Gasteiger partial charge in [0.2, 0.25) is 0 Å². The van der Waals surface area contributed by atoms with Gasteiger partial charge in [-0.1, -0.05) is 320 Å². The lowest BCUT2D eigenvalue weighted by Crippen LogP contribution is -2.61. The molecule has 4 heterocycles. The van der Waals surface area contributed by atoms with Crippen LogP contribution < -0.4 is 26.2 Å². The van der Waals surface area contributed by atoms with E-state index in [4.69, 9.17) is 2.74 Å². The first-order chi connectivity index (χ1) is 57.3. The van der Waals surface area contributed by atoms with E-state index in [1.165, 1.54) is 0 Å². The first-order valence-electron chi connectivity index (χ1n) is 45.1. The first-order valence-corrected chi connectivity index (χ1v) is 37.1. The van der Waals surface area contributed by atoms with Crippen LogP contribution in [-0.4, -0.2) is 15.8 Å². The molecule has 0 spiro atoms. The Morgan fingerprint density at radius 3 is 1.00 bits per heavy atom. The van der Waals surface area contributed by atoms with Gasteiger partial charge in [-0.3, -0.25) is 0 Å². The Kier molecular flexibility index (Phi) is 12.0. The lowest BCUT2D eigenvalue weighted by molar-refractivity contribution is 0.444. The molecule has 1 aliphatic carbocycles. The van der Waals surface area contributed by atoms with Crippen LogP contribution in [0.4, 0.5) is 34.1 Å². The van der Waals surface area contributed by atoms with E-state index in [-0.39, 0.29) is 62.8 Å². The Morgan fingerprint density at radius 2 is 0.657 bits per heavy atom. The lowest BCUT2D eigenvalue weighted by atomic mass is 9.33. The molecule has 0 radical (unpaired) electrons. The summed E-state index contributed by atoms with van der Waals surface area (Å²) in [4.78, 5) is 4.09. The number of hydrogen-bond donors (Lipinski definition) is 0. The molecule has 105 heavy (non-hydrogen) atoms. The van der Waals surface area contributed by atoms with Crippen LogP contribution in [0.3, 0.4) is 0 Å². The third kappa shape index (κ3) is 11.2. The predicted octanol–water partition coefficient (Wildman–Crippen LogP) is 25.9. The third-order valence-corrected chi connectivity index (χ3v) is 22.4. The molecule has 2 aromatic heterocycles. The third-order valence-electron chi connectivity index (χ3n) is 22.4. The molecule has 15 aromatic rings. The van der Waals surface area contributed by atoms with Gasteiger partial charge in [-0.2, -0.15) is 0 Å². The summed E-state index contributed by atoms with van der Waals surface area (Å²) in [6, 6.07) is 53.1. The van der Waals surface area contributed by atoms with Crippen LogP contribution >= 0.6 is 0 Å². The van der Waals surface area contributed by atoms with Crippen LogP contribution in [0, 0.1) is 0 Å². The second-order valence-electron chi connectivity index (χ2n) is 33.2. The molecule has 0 bridgehead atoms. The Labute approximate surface area is 643 Å². The molecule has 0 saturated heterocycles. The molecule has 0 atom stereocenters. The van der Waals surface area contributed by atoms with E-state index in [9.17, 15) is 19.2 Å². The van der Waals surface area contributed by atoms with Gasteiger partial charge in [-0.25, -0.2) is 0 Å². The van der Waals surface area contributed by atoms with Crippen molar-refractivity contribution in [3.05, 3.63) is 306 Å². The molecule has 3 aliphatic rings. The summed E-state index contributed by atoms with van der Waals surface area (Å²) in [7, 11) is 0. The minimum absolute atomic E-state index is 0.0891. The normalized spacial score (nSPS) is 16.3. The number of nitrogens with zero attached hydrogens (tertiary/aromatic N) is 4. The summed E-state index contributed by atoms with van der Waals surface area (Å²) in [5, 5.41) is 3.98. The van der Waals surface area contributed by atoms with Crippen molar-refractivity contribution in [3.8, 4) is 55.9 Å². The van der Waals surface area contributed by atoms with Gasteiger partial charge in [-0.15, -0.1) is 0 Å². The SMILES string of the molecule is [2H]c1c([2H])c([2H])c(-c2c([2H])c([2H])c([2H])c(-c3cc(C(C)(C)C)cc(C(C)(C)C)c3)c2N2c3cc(-n4c5ccccc5c5ccccc54)ccc3B3c4ccc(-n5c6ccccc6c6ccccc65)cc4N(c4c(-c5cc(C(C)(C)C)cc(C(C)(C)C)c5)c([2H])c([2H])c([2H])c4-c4c([2H])c([2H])c([2H])c([2H])c4[2H])c4cc(C5CCCCC5)cc2c43)c([2H])c1[2H]. The molecule has 1 fully saturated rings. The highest BCUT2D eigenvalue weighted by molar-refractivity contribution is 7.00. The van der Waals surface area contributed by atoms with E-state index < -0.39 is 113 Å². The molecule has 0 unspecified atom stereocenters. The number of rotatable bonds is 9. The van der Waals surface area contributed by atoms with Crippen molar-refractivity contribution < 1.29 is 21.9 Å². The van der Waals surface area contributed by atoms with Crippen LogP contribution in [0.1, 0.15) is 171 Å². The molecular formula is C100H93BN4. The predicted molar refractivity (Wildman–Crippen MR) is 452 cm³/mol. The van der Waals surface area contributed by atoms with Gasteiger partial charge in [0.15, 0.2) is 0 Å². The summed E-state index contributed by atoms with van der Waals surface area (Å²) in [6.45, 7) is 24.5. The van der Waals surface area contributed by atoms with E-state index in [1.54, 1.807) is 0 Å². The van der Waals surface area contributed by atoms with Crippen LogP contribution in [-0.2, 0) is 21.7 Å². The van der Waals surface area contributed by atoms with E-state index in [1.807, 2.05) is 82.6 Å². The highest BCUT2D eigenvalue weighted by atomic mass is 15.2. The minimum Gasteiger partial charge on any atom is -0.310 e. The summed E-state index contributed by atoms with van der Waals surface area (Å²) >= 11 is 0. The lowest BCUT2D eigenvalue weighted by Gasteiger charge is -2.46. The van der Waals surface area contributed by atoms with Crippen LogP contribution in [0.2, 0.25) is 0 Å². The summed E-state index contributed by atoms with van der Waals surface area (Å²) in [6.07, 6.45) is 4.15. The molecule has 0 N–H and O–H groups in total. The molecule has 2 aliphatic heterocycles. The smallest absolute Gasteiger partial charge is 0.252 e. The Hall–Kier alpha value is -10.9. The Bertz CT molecular complexity index is 6350. The fourth-order valence-electron chi connectivity index (χ4n) is 16.9. The second-order valence-corrected chi connectivity index (χ2v) is 33.2. The van der Waals surface area contributed by atoms with E-state index in [2.05, 4.69) is 201 Å². The van der Waals surface area contributed by atoms with Crippen molar-refractivity contribution in [3.63, 3.8) is 0 Å². The molecule has 4 nitrogen and oxygen atoms in total. The first kappa shape index (κ1) is 50.5. The maximum Gasteiger partial charge on any atom is 0.252 e. The number of benzene rings is 13. The van der Waals surface area contributed by atoms with Gasteiger partial charge in [0.1, 0.15) is 0 Å². The van der Waals surface area contributed by atoms with E-state index >= 15 is 0 Å². The molecule has 18 rings (SSSR count). The fourth-order valence-corrected chi connectivity index (χ4v) is 16.9. The second kappa shape index (κ2) is 24.9. The van der Waals surface area contributed by atoms with Gasteiger partial charge in [-0.05, 0) is 168 Å². The van der Waals surface area contributed by atoms with Crippen LogP contribution in [0.25, 0.3) is 99.5 Å². The van der Waals surface area contributed by atoms with E-state index in [0.717, 1.165) is 104 Å². The highest BCUT2D eigenvalue weighted by Crippen LogP contribution is 2.56. The zero-order chi connectivity index (χ0) is 85.9. The number of fused-ring (bicyclic) bond motifs is 10. The maximum absolute atomic E-state index is 10.9. The summed E-state index contributed by atoms with van der Waals surface area (Å²) in [5.41, 5.74) is 11.6. The molecule has 13 aromatic carbocycles. The van der Waals surface area contributed by atoms with Gasteiger partial charge in [0, 0.05) is 77.9 Å². The van der Waals surface area contributed by atoms with E-state index in [0.29, 0.717) is 61.6 Å². The van der Waals surface area contributed by atoms with Crippen molar-refractivity contribution in [1.29, 1.82) is 0 Å². The summed E-state index contributed by atoms with van der Waals surface area (Å²) < 4.78 is 166. The van der Waals surface area contributed by atoms with Gasteiger partial charge in [0.25, 0.3) is 6.71 Å². The molecule has 1 saturated carbocycles. The topological polar surface area (TPSA) is 16.3 Å². The van der Waals surface area contributed by atoms with Crippen molar-refractivity contribution in [2.75, 3.05) is 9.80 Å². The number of aromatic nitrogens is 2. The van der Waals surface area contributed by atoms with Gasteiger partial charge in [0.05, 0.1) is 55.4 Å². The van der Waals surface area contributed by atoms with Crippen molar-refractivity contribution in [2.24, 2.45) is 0 Å². The van der Waals surface area contributed by atoms with Crippen molar-refractivity contribution in [1.82, 2.24) is 9.13 Å². The average Bonchev–Trinajstić information content (AvgIpc) is 1.28. The van der Waals surface area contributed by atoms with Crippen LogP contribution in [0.15, 0.2) is 279 Å². The molecule has 0 amide bonds. The molecule has 5 heteroatoms. The Morgan fingerprint density at radius 1 is 0.324 bits per heavy atom. The zero-order valence-electron chi connectivity index (χ0n) is 77.8. The van der Waals surface area contributed by atoms with Crippen LogP contribution in [0.5, 0.6) is 0 Å². The Balaban J connectivity index is 1.11. The zero-order valence-corrected chi connectivity index (χ0v) is 61.8. The van der Waals surface area contributed by atoms with Crippen molar-refractivity contribution >= 4 is 101 Å². The fraction of sp³-hybridized carbons (Fsp3) is 0.220. The largest absolute Gasteiger partial charge is 0.310 e. The number of anilines is 6. The monoisotopic (exact) mass is 1380 g/mol. The number of para-hydroxylation sites is 6. The quantitative estimate of drug-likeness (QED) is 0.134. The van der Waals surface area contributed by atoms with Gasteiger partial charge < -0.3 is 18.9 Å². The maximum atomic E-state index is 10.9. The standard InChI is InChI=1S/C100H93BN4/c1-97(2,3)70-54-68(55-71(60-70)98(4,5)6)78-44-30-42-76(65-34-18-14-19-35-65)95(78)104-90-62-74(102-86-46-26-22-38-80(86)81-39-23-27-47-87(81)102)50-52-84(90)101-85-53-51-75(103-88-48-28-24-40-82(88)83-41-25-29-49-89(83)103)63-91(85)105(93-59-67(58-92(104)94(93)101)64-32-16-13-17-33-64)96-77(66-36-20-15-21-37-66)43-31-45-79(96)69-56-72(99(7,8)9)61-73(57-69)100(10,11)12/h14-15,18-31,34-64H,13,16-17,32-33H2,1-12H3/i14D,15D,18D,19D,20D,21D,30D,31D,34D,35D,36D,37D,42D,43D,44D,45D. The van der Waals surface area contributed by atoms with Gasteiger partial charge >= 0.3 is 0 Å². The summed E-state index contributed by atoms with van der Waals surface area (Å²) in [5.74, 6) is -0.174. The number of hydrogen-bond acceptors (Lipinski definition) is 2. The molecule has 516 valence electrons. The average molecular weight is 1380 g/mol. The van der Waals surface area contributed by atoms with Crippen molar-refractivity contribution in [2.45, 2.75) is 143 Å². The molecular weight excluding hydrogens is 1270 g/mol. The highest BCUT2D eigenvalue weighted by Gasteiger charge is 2.46.